The molecule has 30 heavy (non-hydrogen) atoms. The first-order valence-electron chi connectivity index (χ1n) is 11.0. The first-order valence-corrected chi connectivity index (χ1v) is 11.9. The van der Waals surface area contributed by atoms with E-state index in [2.05, 4.69) is 5.32 Å². The summed E-state index contributed by atoms with van der Waals surface area (Å²) in [5, 5.41) is 5.04. The number of aromatic nitrogens is 1. The van der Waals surface area contributed by atoms with Crippen LogP contribution in [-0.4, -0.2) is 18.2 Å². The van der Waals surface area contributed by atoms with E-state index >= 15 is 0 Å². The summed E-state index contributed by atoms with van der Waals surface area (Å²) in [7, 11) is 1.64. The number of thiazole rings is 1. The lowest BCUT2D eigenvalue weighted by Gasteiger charge is -2.49. The van der Waals surface area contributed by atoms with Gasteiger partial charge in [0.15, 0.2) is 0 Å². The number of hydrogen-bond donors (Lipinski definition) is 1. The molecule has 0 aliphatic heterocycles. The molecule has 6 heteroatoms. The van der Waals surface area contributed by atoms with E-state index in [1.54, 1.807) is 18.4 Å². The smallest absolute Gasteiger partial charge is 0.412 e. The Morgan fingerprint density at radius 1 is 1.20 bits per heavy atom. The number of anilines is 1. The van der Waals surface area contributed by atoms with Crippen molar-refractivity contribution >= 4 is 22.4 Å². The van der Waals surface area contributed by atoms with Crippen molar-refractivity contribution in [3.63, 3.8) is 0 Å². The lowest BCUT2D eigenvalue weighted by molar-refractivity contribution is -0.000165. The molecule has 4 fully saturated rings. The van der Waals surface area contributed by atoms with Crippen molar-refractivity contribution in [2.75, 3.05) is 12.4 Å². The molecule has 4 aliphatic carbocycles. The van der Waals surface area contributed by atoms with Gasteiger partial charge in [0, 0.05) is 5.41 Å². The van der Waals surface area contributed by atoms with Crippen LogP contribution in [0.1, 0.15) is 54.8 Å². The van der Waals surface area contributed by atoms with Gasteiger partial charge in [0.2, 0.25) is 0 Å². The Balaban J connectivity index is 1.14. The van der Waals surface area contributed by atoms with Crippen molar-refractivity contribution in [3.8, 4) is 5.75 Å². The van der Waals surface area contributed by atoms with Crippen LogP contribution in [0.2, 0.25) is 0 Å². The molecule has 2 aromatic rings. The summed E-state index contributed by atoms with van der Waals surface area (Å²) in [6.07, 6.45) is 7.90. The standard InChI is InChI=1S/C24H28N2O3S/c1-14-20(26-22(27)29-12-15-3-5-19(28-2)6-4-15)30-21(25-14)23-9-16-7-17-8-18(11-23)24(17,10-16)13-23/h3-6,16-18H,7-13H2,1-2H3,(H,26,27). The van der Waals surface area contributed by atoms with Crippen molar-refractivity contribution in [3.05, 3.63) is 40.5 Å². The first kappa shape index (κ1) is 18.7. The Hall–Kier alpha value is -2.08. The van der Waals surface area contributed by atoms with Crippen molar-refractivity contribution in [1.29, 1.82) is 0 Å². The van der Waals surface area contributed by atoms with Gasteiger partial charge in [0.05, 0.1) is 12.8 Å². The van der Waals surface area contributed by atoms with Crippen molar-refractivity contribution < 1.29 is 14.3 Å². The fourth-order valence-corrected chi connectivity index (χ4v) is 8.51. The number of nitrogens with zero attached hydrogens (tertiary/aromatic N) is 1. The number of rotatable bonds is 5. The molecule has 6 rings (SSSR count). The second kappa shape index (κ2) is 6.46. The van der Waals surface area contributed by atoms with Gasteiger partial charge in [-0.05, 0) is 86.3 Å². The topological polar surface area (TPSA) is 60.5 Å². The minimum atomic E-state index is -0.421. The Kier molecular flexibility index (Phi) is 4.02. The van der Waals surface area contributed by atoms with Crippen molar-refractivity contribution in [2.45, 2.75) is 57.5 Å². The third-order valence-corrected chi connectivity index (χ3v) is 9.78. The van der Waals surface area contributed by atoms with Crippen LogP contribution in [0.3, 0.4) is 0 Å². The van der Waals surface area contributed by atoms with E-state index in [0.29, 0.717) is 5.41 Å². The summed E-state index contributed by atoms with van der Waals surface area (Å²) in [6, 6.07) is 7.54. The van der Waals surface area contributed by atoms with E-state index in [1.807, 2.05) is 31.2 Å². The number of hydrogen-bond acceptors (Lipinski definition) is 5. The Morgan fingerprint density at radius 2 is 2.03 bits per heavy atom. The SMILES string of the molecule is COc1ccc(COC(=O)Nc2sc(C34CC5CC6CC(C3)C6(C5)C4)nc2C)cc1. The Morgan fingerprint density at radius 3 is 2.83 bits per heavy atom. The molecule has 1 heterocycles. The molecule has 0 saturated heterocycles. The number of carbonyl (C=O) groups is 1. The van der Waals surface area contributed by atoms with E-state index in [0.717, 1.165) is 39.8 Å². The van der Waals surface area contributed by atoms with Gasteiger partial charge >= 0.3 is 6.09 Å². The maximum Gasteiger partial charge on any atom is 0.412 e. The van der Waals surface area contributed by atoms with Crippen molar-refractivity contribution in [2.24, 2.45) is 23.2 Å². The maximum absolute atomic E-state index is 12.4. The zero-order valence-electron chi connectivity index (χ0n) is 17.6. The summed E-state index contributed by atoms with van der Waals surface area (Å²) in [6.45, 7) is 2.23. The van der Waals surface area contributed by atoms with E-state index in [1.165, 1.54) is 43.5 Å². The normalized spacial score (nSPS) is 35.1. The highest BCUT2D eigenvalue weighted by Gasteiger charge is 2.71. The van der Waals surface area contributed by atoms with Crippen LogP contribution in [-0.2, 0) is 16.8 Å². The van der Waals surface area contributed by atoms with Gasteiger partial charge in [-0.3, -0.25) is 5.32 Å². The molecular formula is C24H28N2O3S. The van der Waals surface area contributed by atoms with Gasteiger partial charge in [-0.15, -0.1) is 11.3 Å². The predicted octanol–water partition coefficient (Wildman–Crippen LogP) is 5.68. The number of methoxy groups -OCH3 is 1. The largest absolute Gasteiger partial charge is 0.497 e. The zero-order chi connectivity index (χ0) is 20.5. The third kappa shape index (κ3) is 2.65. The number of aryl methyl sites for hydroxylation is 1. The minimum absolute atomic E-state index is 0.234. The number of nitrogens with one attached hydrogen (secondary N) is 1. The third-order valence-electron chi connectivity index (χ3n) is 8.46. The van der Waals surface area contributed by atoms with E-state index in [-0.39, 0.29) is 12.0 Å². The molecule has 5 nitrogen and oxygen atoms in total. The Bertz CT molecular complexity index is 998. The van der Waals surface area contributed by atoms with Crippen LogP contribution < -0.4 is 10.1 Å². The second-order valence-electron chi connectivity index (χ2n) is 10.0. The van der Waals surface area contributed by atoms with E-state index in [9.17, 15) is 4.79 Å². The van der Waals surface area contributed by atoms with Gasteiger partial charge < -0.3 is 9.47 Å². The average Bonchev–Trinajstić information content (AvgIpc) is 3.27. The number of ether oxygens (including phenoxy) is 2. The zero-order valence-corrected chi connectivity index (χ0v) is 18.4. The molecule has 4 aliphatic rings. The molecular weight excluding hydrogens is 396 g/mol. The van der Waals surface area contributed by atoms with Crippen LogP contribution in [0.5, 0.6) is 5.75 Å². The molecule has 3 bridgehead atoms. The highest BCUT2D eigenvalue weighted by Crippen LogP contribution is 2.79. The summed E-state index contributed by atoms with van der Waals surface area (Å²) >= 11 is 1.68. The summed E-state index contributed by atoms with van der Waals surface area (Å²) in [5.74, 6) is 3.60. The fourth-order valence-electron chi connectivity index (χ4n) is 7.35. The average molecular weight is 425 g/mol. The van der Waals surface area contributed by atoms with Crippen LogP contribution in [0.15, 0.2) is 24.3 Å². The van der Waals surface area contributed by atoms with Crippen LogP contribution in [0.25, 0.3) is 0 Å². The maximum atomic E-state index is 12.4. The molecule has 1 aromatic carbocycles. The fraction of sp³-hybridized carbons (Fsp3) is 0.583. The van der Waals surface area contributed by atoms with Gasteiger partial charge in [-0.25, -0.2) is 9.78 Å². The lowest BCUT2D eigenvalue weighted by Crippen LogP contribution is -2.42. The number of fused-ring (bicyclic) bond motifs is 2. The van der Waals surface area contributed by atoms with E-state index in [4.69, 9.17) is 14.5 Å². The number of carbonyl (C=O) groups excluding carboxylic acids is 1. The van der Waals surface area contributed by atoms with Gasteiger partial charge in [0.25, 0.3) is 0 Å². The van der Waals surface area contributed by atoms with Gasteiger partial charge in [-0.2, -0.15) is 0 Å². The molecule has 4 saturated carbocycles. The van der Waals surface area contributed by atoms with Crippen molar-refractivity contribution in [1.82, 2.24) is 4.98 Å². The molecule has 1 N–H and O–H groups in total. The summed E-state index contributed by atoms with van der Waals surface area (Å²) < 4.78 is 10.6. The molecule has 1 spiro atoms. The van der Waals surface area contributed by atoms with Gasteiger partial charge in [0.1, 0.15) is 22.4 Å². The quantitative estimate of drug-likeness (QED) is 0.671. The minimum Gasteiger partial charge on any atom is -0.497 e. The van der Waals surface area contributed by atoms with Gasteiger partial charge in [-0.1, -0.05) is 12.1 Å². The van der Waals surface area contributed by atoms with Crippen LogP contribution >= 0.6 is 11.3 Å². The lowest BCUT2D eigenvalue weighted by atomic mass is 9.55. The molecule has 158 valence electrons. The van der Waals surface area contributed by atoms with Crippen LogP contribution in [0, 0.1) is 30.1 Å². The molecule has 1 aromatic heterocycles. The monoisotopic (exact) mass is 424 g/mol. The molecule has 0 radical (unpaired) electrons. The molecule has 5 atom stereocenters. The Labute approximate surface area is 181 Å². The number of amides is 1. The summed E-state index contributed by atoms with van der Waals surface area (Å²) in [5.41, 5.74) is 2.76. The molecule has 5 unspecified atom stereocenters. The second-order valence-corrected chi connectivity index (χ2v) is 11.0. The number of benzene rings is 1. The highest BCUT2D eigenvalue weighted by molar-refractivity contribution is 7.16. The highest BCUT2D eigenvalue weighted by atomic mass is 32.1. The summed E-state index contributed by atoms with van der Waals surface area (Å²) in [4.78, 5) is 17.4. The first-order chi connectivity index (χ1) is 14.5. The molecule has 1 amide bonds. The van der Waals surface area contributed by atoms with E-state index < -0.39 is 6.09 Å². The predicted molar refractivity (Wildman–Crippen MR) is 116 cm³/mol. The van der Waals surface area contributed by atoms with Crippen LogP contribution in [0.4, 0.5) is 9.80 Å².